The van der Waals surface area contributed by atoms with E-state index in [-0.39, 0.29) is 30.1 Å². The van der Waals surface area contributed by atoms with Gasteiger partial charge in [-0.25, -0.2) is 0 Å². The number of piperazine rings is 1. The van der Waals surface area contributed by atoms with Gasteiger partial charge in [0.25, 0.3) is 5.91 Å². The van der Waals surface area contributed by atoms with Crippen LogP contribution in [0.5, 0.6) is 0 Å². The smallest absolute Gasteiger partial charge is 0.349 e. The highest BCUT2D eigenvalue weighted by atomic mass is 19.4. The van der Waals surface area contributed by atoms with Gasteiger partial charge in [-0.1, -0.05) is 37.1 Å². The van der Waals surface area contributed by atoms with E-state index in [1.807, 2.05) is 0 Å². The molecule has 6 nitrogen and oxygen atoms in total. The Balaban J connectivity index is 1.57. The molecule has 1 aliphatic heterocycles. The first-order valence-electron chi connectivity index (χ1n) is 10.9. The molecule has 9 heteroatoms. The molecule has 174 valence electrons. The molecule has 2 N–H and O–H groups in total. The van der Waals surface area contributed by atoms with Crippen LogP contribution in [0.15, 0.2) is 54.6 Å². The van der Waals surface area contributed by atoms with Crippen LogP contribution in [-0.2, 0) is 15.8 Å². The Bertz CT molecular complexity index is 1040. The number of halogens is 3. The van der Waals surface area contributed by atoms with Gasteiger partial charge >= 0.3 is 6.18 Å². The van der Waals surface area contributed by atoms with Gasteiger partial charge in [0.05, 0.1) is 18.0 Å². The van der Waals surface area contributed by atoms with Gasteiger partial charge in [-0.2, -0.15) is 13.2 Å². The number of hydrogen-bond donors (Lipinski definition) is 2. The van der Waals surface area contributed by atoms with E-state index in [4.69, 9.17) is 0 Å². The van der Waals surface area contributed by atoms with Crippen molar-refractivity contribution in [2.24, 2.45) is 0 Å². The highest BCUT2D eigenvalue weighted by molar-refractivity contribution is 6.01. The number of nitrogens with zero attached hydrogens (tertiary/aromatic N) is 1. The summed E-state index contributed by atoms with van der Waals surface area (Å²) >= 11 is 0. The van der Waals surface area contributed by atoms with Gasteiger partial charge in [-0.05, 0) is 43.2 Å². The van der Waals surface area contributed by atoms with Gasteiger partial charge in [0.2, 0.25) is 11.8 Å². The molecule has 0 aromatic heterocycles. The van der Waals surface area contributed by atoms with Gasteiger partial charge in [0.15, 0.2) is 0 Å². The Morgan fingerprint density at radius 2 is 1.76 bits per heavy atom. The number of amides is 3. The third-order valence-corrected chi connectivity index (χ3v) is 6.16. The maximum Gasteiger partial charge on any atom is 0.416 e. The molecule has 33 heavy (non-hydrogen) atoms. The number of nitrogens with one attached hydrogen (secondary N) is 2. The van der Waals surface area contributed by atoms with E-state index in [0.29, 0.717) is 12.0 Å². The molecule has 2 aromatic rings. The van der Waals surface area contributed by atoms with Gasteiger partial charge in [-0.15, -0.1) is 0 Å². The van der Waals surface area contributed by atoms with E-state index in [1.165, 1.54) is 17.0 Å². The maximum atomic E-state index is 13.4. The number of fused-ring (bicyclic) bond motifs is 1. The third-order valence-electron chi connectivity index (χ3n) is 6.16. The van der Waals surface area contributed by atoms with Gasteiger partial charge in [0, 0.05) is 17.3 Å². The first-order valence-corrected chi connectivity index (χ1v) is 10.9. The van der Waals surface area contributed by atoms with Crippen LogP contribution in [0, 0.1) is 0 Å². The average molecular weight is 459 g/mol. The second kappa shape index (κ2) is 9.25. The second-order valence-corrected chi connectivity index (χ2v) is 8.39. The van der Waals surface area contributed by atoms with Crippen molar-refractivity contribution in [2.75, 3.05) is 5.32 Å². The molecule has 0 radical (unpaired) electrons. The van der Waals surface area contributed by atoms with E-state index in [1.54, 1.807) is 30.3 Å². The van der Waals surface area contributed by atoms with Crippen molar-refractivity contribution in [1.82, 2.24) is 10.2 Å². The normalized spacial score (nSPS) is 22.8. The van der Waals surface area contributed by atoms with Crippen molar-refractivity contribution in [3.63, 3.8) is 0 Å². The molecule has 0 unspecified atom stereocenters. The quantitative estimate of drug-likeness (QED) is 0.726. The topological polar surface area (TPSA) is 78.5 Å². The largest absolute Gasteiger partial charge is 0.416 e. The number of hydrogen-bond acceptors (Lipinski definition) is 3. The lowest BCUT2D eigenvalue weighted by Crippen LogP contribution is -2.68. The molecular formula is C24H24F3N3O3. The van der Waals surface area contributed by atoms with E-state index in [0.717, 1.165) is 31.4 Å². The number of carbonyl (C=O) groups excluding carboxylic acids is 3. The second-order valence-electron chi connectivity index (χ2n) is 8.39. The lowest BCUT2D eigenvalue weighted by Gasteiger charge is -2.48. The molecule has 1 saturated carbocycles. The molecule has 3 atom stereocenters. The molecule has 2 aliphatic rings. The van der Waals surface area contributed by atoms with Gasteiger partial charge in [0.1, 0.15) is 6.04 Å². The van der Waals surface area contributed by atoms with Gasteiger partial charge < -0.3 is 15.5 Å². The predicted molar refractivity (Wildman–Crippen MR) is 115 cm³/mol. The van der Waals surface area contributed by atoms with Crippen molar-refractivity contribution in [3.8, 4) is 0 Å². The number of carbonyl (C=O) groups is 3. The van der Waals surface area contributed by atoms with E-state index in [9.17, 15) is 27.6 Å². The van der Waals surface area contributed by atoms with Crippen molar-refractivity contribution in [2.45, 2.75) is 56.4 Å². The minimum Gasteiger partial charge on any atom is -0.349 e. The molecular weight excluding hydrogens is 435 g/mol. The Kier molecular flexibility index (Phi) is 6.40. The Morgan fingerprint density at radius 3 is 2.48 bits per heavy atom. The molecule has 3 amide bonds. The highest BCUT2D eigenvalue weighted by Gasteiger charge is 2.46. The van der Waals surface area contributed by atoms with Gasteiger partial charge in [-0.3, -0.25) is 14.4 Å². The summed E-state index contributed by atoms with van der Waals surface area (Å²) in [7, 11) is 0. The summed E-state index contributed by atoms with van der Waals surface area (Å²) in [5.74, 6) is -1.41. The molecule has 2 aromatic carbocycles. The monoisotopic (exact) mass is 459 g/mol. The van der Waals surface area contributed by atoms with E-state index in [2.05, 4.69) is 10.6 Å². The zero-order chi connectivity index (χ0) is 23.6. The first-order chi connectivity index (χ1) is 15.7. The fraction of sp³-hybridized carbons (Fsp3) is 0.375. The zero-order valence-corrected chi connectivity index (χ0v) is 17.8. The summed E-state index contributed by atoms with van der Waals surface area (Å²) < 4.78 is 38.9. The molecule has 0 bridgehead atoms. The summed E-state index contributed by atoms with van der Waals surface area (Å²) in [6.07, 6.45) is -1.61. The summed E-state index contributed by atoms with van der Waals surface area (Å²) in [4.78, 5) is 40.6. The average Bonchev–Trinajstić information content (AvgIpc) is 2.79. The Hall–Kier alpha value is -3.36. The molecule has 1 heterocycles. The molecule has 4 rings (SSSR count). The van der Waals surface area contributed by atoms with Crippen molar-refractivity contribution >= 4 is 23.4 Å². The summed E-state index contributed by atoms with van der Waals surface area (Å²) in [5, 5.41) is 5.38. The van der Waals surface area contributed by atoms with Crippen LogP contribution in [0.2, 0.25) is 0 Å². The SMILES string of the molecule is O=C(C[C@H]1C(=O)N[C@@H]2CCCC[C@H]2N1C(=O)c1ccccc1)Nc1cccc(C(F)(F)F)c1. The third kappa shape index (κ3) is 5.02. The summed E-state index contributed by atoms with van der Waals surface area (Å²) in [6.45, 7) is 0. The summed E-state index contributed by atoms with van der Waals surface area (Å²) in [6, 6.07) is 11.4. The maximum absolute atomic E-state index is 13.4. The minimum atomic E-state index is -4.54. The lowest BCUT2D eigenvalue weighted by molar-refractivity contribution is -0.137. The fourth-order valence-electron chi connectivity index (χ4n) is 4.62. The lowest BCUT2D eigenvalue weighted by atomic mass is 9.84. The van der Waals surface area contributed by atoms with Crippen LogP contribution in [0.25, 0.3) is 0 Å². The van der Waals surface area contributed by atoms with Crippen LogP contribution in [-0.4, -0.2) is 40.7 Å². The van der Waals surface area contributed by atoms with E-state index >= 15 is 0 Å². The standard InChI is InChI=1S/C24H24F3N3O3/c25-24(26,27)16-9-6-10-17(13-16)28-21(31)14-20-22(32)29-18-11-4-5-12-19(18)30(20)23(33)15-7-2-1-3-8-15/h1-3,6-10,13,18-20H,4-5,11-12,14H2,(H,28,31)(H,29,32)/t18-,19-,20+/m1/s1. The molecule has 1 saturated heterocycles. The summed E-state index contributed by atoms with van der Waals surface area (Å²) in [5.41, 5.74) is -0.496. The van der Waals surface area contributed by atoms with Crippen molar-refractivity contribution in [1.29, 1.82) is 0 Å². The van der Waals surface area contributed by atoms with Crippen molar-refractivity contribution < 1.29 is 27.6 Å². The number of alkyl halides is 3. The number of rotatable bonds is 4. The zero-order valence-electron chi connectivity index (χ0n) is 17.8. The Labute approximate surface area is 189 Å². The van der Waals surface area contributed by atoms with Crippen LogP contribution >= 0.6 is 0 Å². The minimum absolute atomic E-state index is 0.0254. The molecule has 2 fully saturated rings. The van der Waals surface area contributed by atoms with Crippen LogP contribution in [0.1, 0.15) is 48.0 Å². The van der Waals surface area contributed by atoms with Crippen LogP contribution < -0.4 is 10.6 Å². The Morgan fingerprint density at radius 1 is 1.03 bits per heavy atom. The number of anilines is 1. The molecule has 0 spiro atoms. The van der Waals surface area contributed by atoms with E-state index < -0.39 is 29.6 Å². The molecule has 1 aliphatic carbocycles. The first kappa shape index (κ1) is 22.8. The van der Waals surface area contributed by atoms with Crippen LogP contribution in [0.3, 0.4) is 0 Å². The fourth-order valence-corrected chi connectivity index (χ4v) is 4.62. The van der Waals surface area contributed by atoms with Crippen molar-refractivity contribution in [3.05, 3.63) is 65.7 Å². The van der Waals surface area contributed by atoms with Crippen LogP contribution in [0.4, 0.5) is 18.9 Å². The predicted octanol–water partition coefficient (Wildman–Crippen LogP) is 3.99. The number of benzene rings is 2. The highest BCUT2D eigenvalue weighted by Crippen LogP contribution is 2.32.